The molecule has 29 heavy (non-hydrogen) atoms. The summed E-state index contributed by atoms with van der Waals surface area (Å²) in [7, 11) is 0. The summed E-state index contributed by atoms with van der Waals surface area (Å²) in [5.74, 6) is 0.0968. The van der Waals surface area contributed by atoms with Crippen molar-refractivity contribution < 1.29 is 9.59 Å². The van der Waals surface area contributed by atoms with Gasteiger partial charge in [0.25, 0.3) is 0 Å². The summed E-state index contributed by atoms with van der Waals surface area (Å²) in [6.45, 7) is 2.87. The normalized spacial score (nSPS) is 18.9. The summed E-state index contributed by atoms with van der Waals surface area (Å²) in [4.78, 5) is 26.5. The SMILES string of the molecule is O=C(CN1CCC(NC(=O)NC2CCCCC2)CC1)NCCCc1ccccc1. The van der Waals surface area contributed by atoms with Crippen LogP contribution in [0.4, 0.5) is 4.79 Å². The molecule has 1 saturated carbocycles. The van der Waals surface area contributed by atoms with Crippen molar-refractivity contribution in [2.24, 2.45) is 0 Å². The van der Waals surface area contributed by atoms with Crippen LogP contribution in [0.1, 0.15) is 56.9 Å². The Kier molecular flexibility index (Phi) is 8.81. The first-order valence-electron chi connectivity index (χ1n) is 11.3. The molecule has 0 unspecified atom stereocenters. The lowest BCUT2D eigenvalue weighted by Crippen LogP contribution is -2.51. The third-order valence-corrected chi connectivity index (χ3v) is 6.04. The van der Waals surface area contributed by atoms with Gasteiger partial charge in [0.05, 0.1) is 6.54 Å². The molecule has 1 saturated heterocycles. The fourth-order valence-electron chi connectivity index (χ4n) is 4.32. The molecular weight excluding hydrogens is 364 g/mol. The highest BCUT2D eigenvalue weighted by Gasteiger charge is 2.23. The number of aryl methyl sites for hydroxylation is 1. The summed E-state index contributed by atoms with van der Waals surface area (Å²) in [5, 5.41) is 9.27. The Bertz CT molecular complexity index is 623. The lowest BCUT2D eigenvalue weighted by molar-refractivity contribution is -0.122. The maximum atomic E-state index is 12.2. The van der Waals surface area contributed by atoms with Crippen LogP contribution in [-0.4, -0.2) is 55.1 Å². The van der Waals surface area contributed by atoms with Crippen LogP contribution in [0.15, 0.2) is 30.3 Å². The van der Waals surface area contributed by atoms with Gasteiger partial charge in [0.15, 0.2) is 0 Å². The van der Waals surface area contributed by atoms with Gasteiger partial charge in [-0.25, -0.2) is 4.79 Å². The molecule has 0 radical (unpaired) electrons. The Hall–Kier alpha value is -2.08. The quantitative estimate of drug-likeness (QED) is 0.588. The van der Waals surface area contributed by atoms with Crippen molar-refractivity contribution in [3.63, 3.8) is 0 Å². The van der Waals surface area contributed by atoms with E-state index in [1.807, 2.05) is 18.2 Å². The lowest BCUT2D eigenvalue weighted by atomic mass is 9.96. The number of nitrogens with one attached hydrogen (secondary N) is 3. The highest BCUT2D eigenvalue weighted by molar-refractivity contribution is 5.78. The average Bonchev–Trinajstić information content (AvgIpc) is 2.74. The van der Waals surface area contributed by atoms with Crippen molar-refractivity contribution >= 4 is 11.9 Å². The summed E-state index contributed by atoms with van der Waals surface area (Å²) >= 11 is 0. The monoisotopic (exact) mass is 400 g/mol. The highest BCUT2D eigenvalue weighted by Crippen LogP contribution is 2.17. The Morgan fingerprint density at radius 2 is 1.55 bits per heavy atom. The van der Waals surface area contributed by atoms with Gasteiger partial charge in [-0.1, -0.05) is 49.6 Å². The van der Waals surface area contributed by atoms with Crippen LogP contribution in [0, 0.1) is 0 Å². The van der Waals surface area contributed by atoms with Gasteiger partial charge in [-0.15, -0.1) is 0 Å². The Morgan fingerprint density at radius 1 is 0.897 bits per heavy atom. The topological polar surface area (TPSA) is 73.5 Å². The van der Waals surface area contributed by atoms with Crippen molar-refractivity contribution in [2.45, 2.75) is 69.9 Å². The van der Waals surface area contributed by atoms with Crippen LogP contribution >= 0.6 is 0 Å². The van der Waals surface area contributed by atoms with Crippen LogP contribution in [0.5, 0.6) is 0 Å². The van der Waals surface area contributed by atoms with Crippen molar-refractivity contribution in [3.05, 3.63) is 35.9 Å². The molecule has 3 amide bonds. The molecule has 0 bridgehead atoms. The fraction of sp³-hybridized carbons (Fsp3) is 0.652. The molecular formula is C23H36N4O2. The minimum absolute atomic E-state index is 0.0218. The Morgan fingerprint density at radius 3 is 2.24 bits per heavy atom. The number of likely N-dealkylation sites (tertiary alicyclic amines) is 1. The summed E-state index contributed by atoms with van der Waals surface area (Å²) in [6.07, 6.45) is 9.69. The molecule has 6 nitrogen and oxygen atoms in total. The number of piperidine rings is 1. The largest absolute Gasteiger partial charge is 0.355 e. The van der Waals surface area contributed by atoms with Crippen molar-refractivity contribution in [1.29, 1.82) is 0 Å². The van der Waals surface area contributed by atoms with Gasteiger partial charge >= 0.3 is 6.03 Å². The van der Waals surface area contributed by atoms with E-state index in [-0.39, 0.29) is 18.0 Å². The second-order valence-electron chi connectivity index (χ2n) is 8.44. The molecule has 0 aromatic heterocycles. The van der Waals surface area contributed by atoms with Crippen LogP contribution in [0.25, 0.3) is 0 Å². The zero-order valence-corrected chi connectivity index (χ0v) is 17.5. The molecule has 2 fully saturated rings. The zero-order chi connectivity index (χ0) is 20.3. The number of rotatable bonds is 8. The molecule has 1 aliphatic carbocycles. The van der Waals surface area contributed by atoms with E-state index >= 15 is 0 Å². The van der Waals surface area contributed by atoms with Crippen LogP contribution in [0.2, 0.25) is 0 Å². The summed E-state index contributed by atoms with van der Waals surface area (Å²) < 4.78 is 0. The number of amides is 3. The predicted octanol–water partition coefficient (Wildman–Crippen LogP) is 2.83. The van der Waals surface area contributed by atoms with Crippen molar-refractivity contribution in [1.82, 2.24) is 20.9 Å². The number of nitrogens with zero attached hydrogens (tertiary/aromatic N) is 1. The van der Waals surface area contributed by atoms with E-state index in [9.17, 15) is 9.59 Å². The first-order valence-corrected chi connectivity index (χ1v) is 11.3. The second kappa shape index (κ2) is 11.8. The fourth-order valence-corrected chi connectivity index (χ4v) is 4.32. The zero-order valence-electron chi connectivity index (χ0n) is 17.5. The van der Waals surface area contributed by atoms with E-state index in [0.29, 0.717) is 19.1 Å². The van der Waals surface area contributed by atoms with Gasteiger partial charge < -0.3 is 16.0 Å². The van der Waals surface area contributed by atoms with E-state index in [1.54, 1.807) is 0 Å². The molecule has 160 valence electrons. The average molecular weight is 401 g/mol. The molecule has 1 aliphatic heterocycles. The second-order valence-corrected chi connectivity index (χ2v) is 8.44. The molecule has 1 aromatic carbocycles. The number of carbonyl (C=O) groups excluding carboxylic acids is 2. The first kappa shape index (κ1) is 21.6. The smallest absolute Gasteiger partial charge is 0.315 e. The molecule has 0 atom stereocenters. The maximum Gasteiger partial charge on any atom is 0.315 e. The third kappa shape index (κ3) is 8.05. The van der Waals surface area contributed by atoms with Crippen LogP contribution in [0.3, 0.4) is 0 Å². The molecule has 3 N–H and O–H groups in total. The number of hydrogen-bond donors (Lipinski definition) is 3. The van der Waals surface area contributed by atoms with Gasteiger partial charge in [0.2, 0.25) is 5.91 Å². The molecule has 3 rings (SSSR count). The number of hydrogen-bond acceptors (Lipinski definition) is 3. The van der Waals surface area contributed by atoms with Gasteiger partial charge in [0.1, 0.15) is 0 Å². The van der Waals surface area contributed by atoms with Gasteiger partial charge in [0, 0.05) is 31.7 Å². The Balaban J connectivity index is 1.24. The standard InChI is InChI=1S/C23H36N4O2/c28-22(24-15-7-10-19-8-3-1-4-9-19)18-27-16-13-21(14-17-27)26-23(29)25-20-11-5-2-6-12-20/h1,3-4,8-9,20-21H,2,5-7,10-18H2,(H,24,28)(H2,25,26,29). The molecule has 2 aliphatic rings. The van der Waals surface area contributed by atoms with E-state index in [4.69, 9.17) is 0 Å². The molecule has 1 aromatic rings. The number of benzene rings is 1. The van der Waals surface area contributed by atoms with Crippen LogP contribution < -0.4 is 16.0 Å². The number of carbonyl (C=O) groups is 2. The number of urea groups is 1. The van der Waals surface area contributed by atoms with E-state index in [2.05, 4.69) is 33.0 Å². The van der Waals surface area contributed by atoms with Crippen molar-refractivity contribution in [2.75, 3.05) is 26.2 Å². The molecule has 0 spiro atoms. The highest BCUT2D eigenvalue weighted by atomic mass is 16.2. The molecule has 1 heterocycles. The van der Waals surface area contributed by atoms with E-state index in [1.165, 1.54) is 24.8 Å². The lowest BCUT2D eigenvalue weighted by Gasteiger charge is -2.32. The molecule has 6 heteroatoms. The van der Waals surface area contributed by atoms with Crippen molar-refractivity contribution in [3.8, 4) is 0 Å². The van der Waals surface area contributed by atoms with E-state index < -0.39 is 0 Å². The summed E-state index contributed by atoms with van der Waals surface area (Å²) in [5.41, 5.74) is 1.31. The van der Waals surface area contributed by atoms with E-state index in [0.717, 1.165) is 51.6 Å². The third-order valence-electron chi connectivity index (χ3n) is 6.04. The predicted molar refractivity (Wildman–Crippen MR) is 116 cm³/mol. The van der Waals surface area contributed by atoms with Gasteiger partial charge in [-0.05, 0) is 44.1 Å². The summed E-state index contributed by atoms with van der Waals surface area (Å²) in [6, 6.07) is 10.9. The van der Waals surface area contributed by atoms with Gasteiger partial charge in [-0.2, -0.15) is 0 Å². The van der Waals surface area contributed by atoms with Gasteiger partial charge in [-0.3, -0.25) is 9.69 Å². The first-order chi connectivity index (χ1) is 14.2. The minimum atomic E-state index is -0.0218. The minimum Gasteiger partial charge on any atom is -0.355 e. The Labute approximate surface area is 174 Å². The maximum absolute atomic E-state index is 12.2. The van der Waals surface area contributed by atoms with Crippen LogP contribution in [-0.2, 0) is 11.2 Å².